The van der Waals surface area contributed by atoms with Crippen molar-refractivity contribution in [1.29, 1.82) is 0 Å². The Balaban J connectivity index is 1.80. The molecule has 0 bridgehead atoms. The second kappa shape index (κ2) is 11.0. The molecule has 2 aromatic carbocycles. The third kappa shape index (κ3) is 6.44. The van der Waals surface area contributed by atoms with E-state index in [0.717, 1.165) is 12.8 Å². The van der Waals surface area contributed by atoms with Gasteiger partial charge in [0, 0.05) is 0 Å². The molecule has 0 saturated heterocycles. The number of aromatic hydroxyl groups is 1. The first-order valence-corrected chi connectivity index (χ1v) is 11.5. The van der Waals surface area contributed by atoms with Gasteiger partial charge in [0.2, 0.25) is 9.84 Å². The Morgan fingerprint density at radius 3 is 2.04 bits per heavy atom. The zero-order valence-corrected chi connectivity index (χ0v) is 17.4. The summed E-state index contributed by atoms with van der Waals surface area (Å²) in [5.74, 6) is 0.524. The number of hydrogen-bond donors (Lipinski definition) is 2. The summed E-state index contributed by atoms with van der Waals surface area (Å²) in [6.07, 6.45) is 9.93. The molecule has 0 aromatic heterocycles. The van der Waals surface area contributed by atoms with Gasteiger partial charge < -0.3 is 15.6 Å². The van der Waals surface area contributed by atoms with Gasteiger partial charge in [0.15, 0.2) is 0 Å². The highest BCUT2D eigenvalue weighted by Crippen LogP contribution is 2.28. The lowest BCUT2D eigenvalue weighted by atomic mass is 10.1. The average Bonchev–Trinajstić information content (AvgIpc) is 2.69. The smallest absolute Gasteiger partial charge is 0.206 e. The minimum absolute atomic E-state index is 0.0337. The number of nitrogens with two attached hydrogens (primary N) is 1. The van der Waals surface area contributed by atoms with Crippen LogP contribution in [0, 0.1) is 0 Å². The van der Waals surface area contributed by atoms with E-state index in [1.807, 2.05) is 0 Å². The second-order valence-electron chi connectivity index (χ2n) is 7.02. The lowest BCUT2D eigenvalue weighted by Crippen LogP contribution is -2.03. The number of nitrogen functional groups attached to an aromatic ring is 1. The van der Waals surface area contributed by atoms with E-state index in [1.165, 1.54) is 68.9 Å². The topological polar surface area (TPSA) is 89.6 Å². The van der Waals surface area contributed by atoms with Crippen LogP contribution in [0.2, 0.25) is 0 Å². The average molecular weight is 406 g/mol. The van der Waals surface area contributed by atoms with Gasteiger partial charge in [-0.2, -0.15) is 0 Å². The Labute approximate surface area is 168 Å². The Morgan fingerprint density at radius 1 is 0.857 bits per heavy atom. The van der Waals surface area contributed by atoms with E-state index < -0.39 is 9.84 Å². The molecule has 2 rings (SSSR count). The number of ether oxygens (including phenoxy) is 1. The van der Waals surface area contributed by atoms with E-state index in [0.29, 0.717) is 12.4 Å². The van der Waals surface area contributed by atoms with Crippen LogP contribution >= 0.6 is 0 Å². The van der Waals surface area contributed by atoms with Gasteiger partial charge in [0.05, 0.1) is 22.1 Å². The summed E-state index contributed by atoms with van der Waals surface area (Å²) in [6, 6.07) is 10.3. The van der Waals surface area contributed by atoms with Gasteiger partial charge >= 0.3 is 0 Å². The minimum Gasteiger partial charge on any atom is -0.506 e. The summed E-state index contributed by atoms with van der Waals surface area (Å²) in [5.41, 5.74) is 5.64. The standard InChI is InChI=1S/C22H31NO4S/c1-2-3-4-5-6-7-8-9-16-27-18-10-12-19(13-11-18)28(25,26)20-14-15-22(24)21(23)17-20/h10-15,17,24H,2-9,16,23H2,1H3. The molecule has 2 aromatic rings. The Morgan fingerprint density at radius 2 is 1.43 bits per heavy atom. The van der Waals surface area contributed by atoms with Crippen LogP contribution in [0.4, 0.5) is 5.69 Å². The summed E-state index contributed by atoms with van der Waals surface area (Å²) in [7, 11) is -3.68. The number of rotatable bonds is 12. The second-order valence-corrected chi connectivity index (χ2v) is 8.97. The van der Waals surface area contributed by atoms with E-state index in [4.69, 9.17) is 10.5 Å². The SMILES string of the molecule is CCCCCCCCCCOc1ccc(S(=O)(=O)c2ccc(O)c(N)c2)cc1. The van der Waals surface area contributed by atoms with Crippen molar-refractivity contribution in [2.75, 3.05) is 12.3 Å². The maximum absolute atomic E-state index is 12.7. The molecule has 0 aliphatic rings. The molecule has 0 amide bonds. The largest absolute Gasteiger partial charge is 0.506 e. The number of unbranched alkanes of at least 4 members (excludes halogenated alkanes) is 7. The van der Waals surface area contributed by atoms with Crippen molar-refractivity contribution < 1.29 is 18.3 Å². The van der Waals surface area contributed by atoms with Gasteiger partial charge in [0.1, 0.15) is 11.5 Å². The first-order valence-electron chi connectivity index (χ1n) is 10.0. The Bertz CT molecular complexity index is 832. The van der Waals surface area contributed by atoms with Gasteiger partial charge in [0.25, 0.3) is 0 Å². The summed E-state index contributed by atoms with van der Waals surface area (Å²) < 4.78 is 31.0. The number of hydrogen-bond acceptors (Lipinski definition) is 5. The zero-order valence-electron chi connectivity index (χ0n) is 16.6. The van der Waals surface area contributed by atoms with Crippen molar-refractivity contribution in [3.63, 3.8) is 0 Å². The monoisotopic (exact) mass is 405 g/mol. The normalized spacial score (nSPS) is 11.5. The predicted molar refractivity (Wildman–Crippen MR) is 113 cm³/mol. The van der Waals surface area contributed by atoms with E-state index in [-0.39, 0.29) is 21.2 Å². The van der Waals surface area contributed by atoms with Gasteiger partial charge in [-0.05, 0) is 48.9 Å². The van der Waals surface area contributed by atoms with E-state index in [1.54, 1.807) is 12.1 Å². The molecule has 0 aliphatic heterocycles. The zero-order chi connectivity index (χ0) is 20.4. The molecule has 0 heterocycles. The minimum atomic E-state index is -3.68. The highest BCUT2D eigenvalue weighted by atomic mass is 32.2. The molecule has 3 N–H and O–H groups in total. The van der Waals surface area contributed by atoms with Gasteiger partial charge in [-0.25, -0.2) is 8.42 Å². The quantitative estimate of drug-likeness (QED) is 0.283. The van der Waals surface area contributed by atoms with Crippen molar-refractivity contribution in [2.45, 2.75) is 68.1 Å². The Hall–Kier alpha value is -2.21. The van der Waals surface area contributed by atoms with E-state index in [9.17, 15) is 13.5 Å². The van der Waals surface area contributed by atoms with Crippen LogP contribution in [-0.4, -0.2) is 20.1 Å². The van der Waals surface area contributed by atoms with E-state index >= 15 is 0 Å². The highest BCUT2D eigenvalue weighted by molar-refractivity contribution is 7.91. The Kier molecular flexibility index (Phi) is 8.64. The van der Waals surface area contributed by atoms with Crippen LogP contribution < -0.4 is 10.5 Å². The fourth-order valence-corrected chi connectivity index (χ4v) is 4.27. The fraction of sp³-hybridized carbons (Fsp3) is 0.455. The van der Waals surface area contributed by atoms with Crippen molar-refractivity contribution in [1.82, 2.24) is 0 Å². The number of benzene rings is 2. The molecular weight excluding hydrogens is 374 g/mol. The maximum atomic E-state index is 12.7. The molecule has 0 fully saturated rings. The van der Waals surface area contributed by atoms with Crippen LogP contribution in [-0.2, 0) is 9.84 Å². The van der Waals surface area contributed by atoms with Crippen molar-refractivity contribution >= 4 is 15.5 Å². The summed E-state index contributed by atoms with van der Waals surface area (Å²) in [4.78, 5) is 0.215. The van der Waals surface area contributed by atoms with Crippen molar-refractivity contribution in [3.8, 4) is 11.5 Å². The van der Waals surface area contributed by atoms with Crippen molar-refractivity contribution in [3.05, 3.63) is 42.5 Å². The lowest BCUT2D eigenvalue weighted by molar-refractivity contribution is 0.304. The fourth-order valence-electron chi connectivity index (χ4n) is 2.98. The summed E-state index contributed by atoms with van der Waals surface area (Å²) >= 11 is 0. The van der Waals surface area contributed by atoms with Gasteiger partial charge in [-0.15, -0.1) is 0 Å². The van der Waals surface area contributed by atoms with Gasteiger partial charge in [-0.1, -0.05) is 51.9 Å². The molecule has 6 heteroatoms. The molecule has 0 unspecified atom stereocenters. The predicted octanol–water partition coefficient (Wildman–Crippen LogP) is 5.33. The van der Waals surface area contributed by atoms with Crippen LogP contribution in [0.25, 0.3) is 0 Å². The maximum Gasteiger partial charge on any atom is 0.206 e. The molecule has 0 spiro atoms. The third-order valence-electron chi connectivity index (χ3n) is 4.71. The molecule has 154 valence electrons. The molecule has 0 saturated carbocycles. The third-order valence-corrected chi connectivity index (χ3v) is 6.48. The number of phenolic OH excluding ortho intramolecular Hbond substituents is 1. The number of phenols is 1. The molecule has 5 nitrogen and oxygen atoms in total. The molecule has 0 aliphatic carbocycles. The number of anilines is 1. The lowest BCUT2D eigenvalue weighted by Gasteiger charge is -2.09. The van der Waals surface area contributed by atoms with Crippen LogP contribution in [0.5, 0.6) is 11.5 Å². The first kappa shape index (κ1) is 22.1. The van der Waals surface area contributed by atoms with Crippen LogP contribution in [0.15, 0.2) is 52.3 Å². The summed E-state index contributed by atoms with van der Waals surface area (Å²) in [5, 5.41) is 9.46. The van der Waals surface area contributed by atoms with Crippen LogP contribution in [0.1, 0.15) is 58.3 Å². The summed E-state index contributed by atoms with van der Waals surface area (Å²) in [6.45, 7) is 2.86. The van der Waals surface area contributed by atoms with Crippen molar-refractivity contribution in [2.24, 2.45) is 0 Å². The number of sulfone groups is 1. The first-order chi connectivity index (χ1) is 13.4. The molecule has 0 radical (unpaired) electrons. The van der Waals surface area contributed by atoms with E-state index in [2.05, 4.69) is 6.92 Å². The van der Waals surface area contributed by atoms with Gasteiger partial charge in [-0.3, -0.25) is 0 Å². The molecule has 0 atom stereocenters. The highest BCUT2D eigenvalue weighted by Gasteiger charge is 2.18. The molecular formula is C22H31NO4S. The van der Waals surface area contributed by atoms with Crippen LogP contribution in [0.3, 0.4) is 0 Å². The molecule has 28 heavy (non-hydrogen) atoms.